The number of amides is 1. The van der Waals surface area contributed by atoms with E-state index in [-0.39, 0.29) is 15.9 Å². The highest BCUT2D eigenvalue weighted by Crippen LogP contribution is 2.50. The van der Waals surface area contributed by atoms with E-state index >= 15 is 0 Å². The Labute approximate surface area is 191 Å². The first-order valence-electron chi connectivity index (χ1n) is 10.1. The molecule has 1 aliphatic rings. The van der Waals surface area contributed by atoms with Crippen LogP contribution in [0, 0.1) is 13.8 Å². The number of hydrogen-bond donors (Lipinski definition) is 2. The molecule has 162 valence electrons. The number of fused-ring (bicyclic) bond motifs is 1. The summed E-state index contributed by atoms with van der Waals surface area (Å²) in [5.74, 6) is 0.809. The molecule has 0 spiro atoms. The van der Waals surface area contributed by atoms with Gasteiger partial charge in [0.2, 0.25) is 0 Å². The molecule has 2 aromatic heterocycles. The number of carbonyl (C=O) groups excluding carboxylic acids is 1. The average molecular weight is 456 g/mol. The summed E-state index contributed by atoms with van der Waals surface area (Å²) in [4.78, 5) is 17.0. The number of anilines is 2. The molecule has 2 N–H and O–H groups in total. The van der Waals surface area contributed by atoms with Gasteiger partial charge in [-0.25, -0.2) is 0 Å². The quantitative estimate of drug-likeness (QED) is 0.555. The third kappa shape index (κ3) is 4.29. The predicted molar refractivity (Wildman–Crippen MR) is 128 cm³/mol. The molecule has 1 amide bonds. The topological polar surface area (TPSA) is 71.8 Å². The first-order valence-corrected chi connectivity index (χ1v) is 11.4. The van der Waals surface area contributed by atoms with Crippen LogP contribution in [0.4, 0.5) is 11.5 Å². The maximum Gasteiger partial charge on any atom is 0.255 e. The Morgan fingerprint density at radius 2 is 2.06 bits per heavy atom. The lowest BCUT2D eigenvalue weighted by Gasteiger charge is -2.27. The molecule has 0 fully saturated rings. The molecule has 31 heavy (non-hydrogen) atoms. The molecule has 0 unspecified atom stereocenters. The molecule has 0 bridgehead atoms. The molecular formula is C23H26ClN5OS. The lowest BCUT2D eigenvalue weighted by atomic mass is 10.0. The van der Waals surface area contributed by atoms with Gasteiger partial charge < -0.3 is 10.6 Å². The first kappa shape index (κ1) is 21.7. The van der Waals surface area contributed by atoms with E-state index in [0.29, 0.717) is 16.3 Å². The Hall–Kier alpha value is -2.51. The minimum absolute atomic E-state index is 0.00661. The number of halogens is 1. The summed E-state index contributed by atoms with van der Waals surface area (Å²) in [7, 11) is 1.95. The summed E-state index contributed by atoms with van der Waals surface area (Å²) in [6.45, 7) is 9.15. The molecule has 1 aliphatic heterocycles. The smallest absolute Gasteiger partial charge is 0.255 e. The fraction of sp³-hybridized carbons (Fsp3) is 0.348. The van der Waals surface area contributed by atoms with Gasteiger partial charge in [-0.2, -0.15) is 5.10 Å². The molecule has 4 rings (SSSR count). The second-order valence-electron chi connectivity index (χ2n) is 8.41. The minimum atomic E-state index is -0.210. The highest BCUT2D eigenvalue weighted by atomic mass is 35.5. The normalized spacial score (nSPS) is 17.4. The predicted octanol–water partition coefficient (Wildman–Crippen LogP) is 5.36. The van der Waals surface area contributed by atoms with E-state index in [9.17, 15) is 4.79 Å². The highest BCUT2D eigenvalue weighted by Gasteiger charge is 2.35. The molecule has 6 nitrogen and oxygen atoms in total. The largest absolute Gasteiger partial charge is 0.369 e. The Kier molecular flexibility index (Phi) is 5.75. The number of carbonyl (C=O) groups is 1. The molecule has 1 aromatic carbocycles. The van der Waals surface area contributed by atoms with Crippen LogP contribution in [0.3, 0.4) is 0 Å². The summed E-state index contributed by atoms with van der Waals surface area (Å²) in [6, 6.07) is 9.17. The zero-order chi connectivity index (χ0) is 22.3. The molecule has 0 saturated carbocycles. The van der Waals surface area contributed by atoms with E-state index in [1.807, 2.05) is 55.5 Å². The van der Waals surface area contributed by atoms with Gasteiger partial charge in [0.1, 0.15) is 5.82 Å². The number of pyridine rings is 1. The van der Waals surface area contributed by atoms with Gasteiger partial charge in [0.05, 0.1) is 22.3 Å². The maximum absolute atomic E-state index is 12.8. The molecule has 8 heteroatoms. The number of hydrogen-bond acceptors (Lipinski definition) is 5. The van der Waals surface area contributed by atoms with Crippen LogP contribution < -0.4 is 10.6 Å². The van der Waals surface area contributed by atoms with Crippen LogP contribution in [0.25, 0.3) is 0 Å². The van der Waals surface area contributed by atoms with Crippen molar-refractivity contribution in [2.45, 2.75) is 37.7 Å². The maximum atomic E-state index is 12.8. The van der Waals surface area contributed by atoms with E-state index in [1.165, 1.54) is 0 Å². The van der Waals surface area contributed by atoms with E-state index in [2.05, 4.69) is 34.6 Å². The third-order valence-corrected chi connectivity index (χ3v) is 7.28. The van der Waals surface area contributed by atoms with Gasteiger partial charge in [0, 0.05) is 40.7 Å². The van der Waals surface area contributed by atoms with Gasteiger partial charge in [0.15, 0.2) is 0 Å². The average Bonchev–Trinajstić information content (AvgIpc) is 2.90. The zero-order valence-electron chi connectivity index (χ0n) is 18.3. The minimum Gasteiger partial charge on any atom is -0.369 e. The second kappa shape index (κ2) is 8.20. The Morgan fingerprint density at radius 1 is 1.29 bits per heavy atom. The molecule has 3 aromatic rings. The van der Waals surface area contributed by atoms with Crippen LogP contribution in [-0.2, 0) is 7.05 Å². The summed E-state index contributed by atoms with van der Waals surface area (Å²) in [6.07, 6.45) is 1.70. The second-order valence-corrected chi connectivity index (χ2v) is 10.6. The van der Waals surface area contributed by atoms with Crippen LogP contribution in [0.1, 0.15) is 52.0 Å². The van der Waals surface area contributed by atoms with Crippen LogP contribution in [0.5, 0.6) is 0 Å². The summed E-state index contributed by atoms with van der Waals surface area (Å²) >= 11 is 8.62. The Balaban J connectivity index is 1.69. The van der Waals surface area contributed by atoms with E-state index < -0.39 is 0 Å². The molecule has 0 saturated heterocycles. The number of aryl methyl sites for hydroxylation is 3. The summed E-state index contributed by atoms with van der Waals surface area (Å²) in [5, 5.41) is 11.7. The monoisotopic (exact) mass is 455 g/mol. The SMILES string of the molecule is Cc1ncccc1NC(=O)c1ccc([C@H]2SC(C)(C)CNc3c2c(C)nn3C)c(Cl)c1. The van der Waals surface area contributed by atoms with Gasteiger partial charge >= 0.3 is 0 Å². The van der Waals surface area contributed by atoms with Crippen molar-refractivity contribution in [3.05, 3.63) is 69.6 Å². The van der Waals surface area contributed by atoms with Crippen LogP contribution in [0.15, 0.2) is 36.5 Å². The first-order chi connectivity index (χ1) is 14.7. The molecule has 0 aliphatic carbocycles. The van der Waals surface area contributed by atoms with E-state index in [4.69, 9.17) is 11.6 Å². The van der Waals surface area contributed by atoms with Crippen molar-refractivity contribution in [1.29, 1.82) is 0 Å². The standard InChI is InChI=1S/C23H26ClN5OS/c1-13-18(7-6-10-25-13)27-22(30)15-8-9-16(17(24)11-15)20-19-14(2)28-29(5)21(19)26-12-23(3,4)31-20/h6-11,20,26H,12H2,1-5H3,(H,27,30)/t20-/m1/s1. The number of aromatic nitrogens is 3. The van der Waals surface area contributed by atoms with Gasteiger partial charge in [-0.15, -0.1) is 11.8 Å². The van der Waals surface area contributed by atoms with Crippen molar-refractivity contribution >= 4 is 40.8 Å². The van der Waals surface area contributed by atoms with Crippen LogP contribution in [-0.4, -0.2) is 32.0 Å². The number of rotatable bonds is 3. The number of nitrogens with one attached hydrogen (secondary N) is 2. The van der Waals surface area contributed by atoms with Crippen LogP contribution in [0.2, 0.25) is 5.02 Å². The van der Waals surface area contributed by atoms with Gasteiger partial charge in [-0.05, 0) is 57.5 Å². The van der Waals surface area contributed by atoms with Crippen molar-refractivity contribution in [2.75, 3.05) is 17.2 Å². The van der Waals surface area contributed by atoms with E-state index in [0.717, 1.165) is 34.9 Å². The molecule has 1 atom stereocenters. The van der Waals surface area contributed by atoms with Crippen molar-refractivity contribution in [3.63, 3.8) is 0 Å². The van der Waals surface area contributed by atoms with Gasteiger partial charge in [-0.3, -0.25) is 14.5 Å². The summed E-state index contributed by atoms with van der Waals surface area (Å²) < 4.78 is 1.89. The van der Waals surface area contributed by atoms with Gasteiger partial charge in [-0.1, -0.05) is 17.7 Å². The Bertz CT molecular complexity index is 1160. The Morgan fingerprint density at radius 3 is 2.77 bits per heavy atom. The van der Waals surface area contributed by atoms with Gasteiger partial charge in [0.25, 0.3) is 5.91 Å². The molecule has 3 heterocycles. The molecule has 0 radical (unpaired) electrons. The van der Waals surface area contributed by atoms with Crippen LogP contribution >= 0.6 is 23.4 Å². The van der Waals surface area contributed by atoms with E-state index in [1.54, 1.807) is 18.3 Å². The van der Waals surface area contributed by atoms with Crippen molar-refractivity contribution in [2.24, 2.45) is 7.05 Å². The summed E-state index contributed by atoms with van der Waals surface area (Å²) in [5.41, 5.74) is 5.07. The number of thioether (sulfide) groups is 1. The highest BCUT2D eigenvalue weighted by molar-refractivity contribution is 8.01. The lowest BCUT2D eigenvalue weighted by molar-refractivity contribution is 0.102. The van der Waals surface area contributed by atoms with Crippen molar-refractivity contribution in [1.82, 2.24) is 14.8 Å². The zero-order valence-corrected chi connectivity index (χ0v) is 19.9. The number of nitrogens with zero attached hydrogens (tertiary/aromatic N) is 3. The fourth-order valence-electron chi connectivity index (χ4n) is 3.83. The van der Waals surface area contributed by atoms with Crippen molar-refractivity contribution < 1.29 is 4.79 Å². The fourth-order valence-corrected chi connectivity index (χ4v) is 5.71. The lowest BCUT2D eigenvalue weighted by Crippen LogP contribution is -2.26. The van der Waals surface area contributed by atoms with Crippen molar-refractivity contribution in [3.8, 4) is 0 Å². The molecular weight excluding hydrogens is 430 g/mol. The number of benzene rings is 1. The third-order valence-electron chi connectivity index (χ3n) is 5.45.